The van der Waals surface area contributed by atoms with E-state index in [1.165, 1.54) is 116 Å². The van der Waals surface area contributed by atoms with Crippen molar-refractivity contribution in [2.75, 3.05) is 13.2 Å². The zero-order valence-electron chi connectivity index (χ0n) is 25.3. The highest BCUT2D eigenvalue weighted by atomic mass is 32.2. The number of carbonyl (C=O) groups excluding carboxylic acids is 2. The lowest BCUT2D eigenvalue weighted by molar-refractivity contribution is -0.144. The summed E-state index contributed by atoms with van der Waals surface area (Å²) in [5.41, 5.74) is 0. The lowest BCUT2D eigenvalue weighted by Crippen LogP contribution is -2.03. The largest absolute Gasteiger partial charge is 0.750 e. The molecule has 0 heterocycles. The molecule has 8 heteroatoms. The van der Waals surface area contributed by atoms with Gasteiger partial charge in [0, 0.05) is 12.8 Å². The maximum Gasteiger partial charge on any atom is 0.305 e. The summed E-state index contributed by atoms with van der Waals surface area (Å²) < 4.78 is 34.1. The van der Waals surface area contributed by atoms with Crippen LogP contribution in [0.2, 0.25) is 0 Å². The molecule has 0 bridgehead atoms. The number of hydrogen-bond acceptors (Lipinski definition) is 6. The Bertz CT molecular complexity index is 459. The fourth-order valence-corrected chi connectivity index (χ4v) is 3.76. The SMILES string of the molecule is CCCCCCCCCCCCOC(=O)CC.CCCCCCCCCCCCOC(=O)CC.O=S([O-])O. The second kappa shape index (κ2) is 38.2. The van der Waals surface area contributed by atoms with Crippen molar-refractivity contribution >= 4 is 23.3 Å². The summed E-state index contributed by atoms with van der Waals surface area (Å²) in [5, 5.41) is 0. The number of rotatable bonds is 24. The molecule has 0 aromatic carbocycles. The van der Waals surface area contributed by atoms with Gasteiger partial charge in [0.25, 0.3) is 0 Å². The minimum Gasteiger partial charge on any atom is -0.750 e. The lowest BCUT2D eigenvalue weighted by atomic mass is 10.1. The molecule has 0 radical (unpaired) electrons. The Labute approximate surface area is 237 Å². The Kier molecular flexibility index (Phi) is 41.7. The Morgan fingerprint density at radius 3 is 0.947 bits per heavy atom. The Morgan fingerprint density at radius 2 is 0.737 bits per heavy atom. The zero-order valence-corrected chi connectivity index (χ0v) is 26.1. The molecule has 0 aromatic rings. The highest BCUT2D eigenvalue weighted by Crippen LogP contribution is 2.11. The number of hydrogen-bond donors (Lipinski definition) is 1. The van der Waals surface area contributed by atoms with Gasteiger partial charge < -0.3 is 18.6 Å². The first-order chi connectivity index (χ1) is 18.3. The van der Waals surface area contributed by atoms with Crippen LogP contribution in [-0.4, -0.2) is 38.5 Å². The summed E-state index contributed by atoms with van der Waals surface area (Å²) in [5.74, 6) is -0.137. The van der Waals surface area contributed by atoms with E-state index in [1.54, 1.807) is 0 Å². The highest BCUT2D eigenvalue weighted by Gasteiger charge is 1.98. The van der Waals surface area contributed by atoms with Crippen molar-refractivity contribution in [2.24, 2.45) is 0 Å². The predicted octanol–water partition coefficient (Wildman–Crippen LogP) is 9.06. The van der Waals surface area contributed by atoms with E-state index in [0.29, 0.717) is 26.1 Å². The third-order valence-corrected chi connectivity index (χ3v) is 6.10. The van der Waals surface area contributed by atoms with Crippen LogP contribution < -0.4 is 0 Å². The molecule has 0 fully saturated rings. The number of carbonyl (C=O) groups is 2. The fraction of sp³-hybridized carbons (Fsp3) is 0.933. The summed E-state index contributed by atoms with van der Waals surface area (Å²) in [6.45, 7) is 9.41. The minimum atomic E-state index is -2.86. The maximum atomic E-state index is 10.8. The fourth-order valence-electron chi connectivity index (χ4n) is 3.76. The third kappa shape index (κ3) is 48.1. The van der Waals surface area contributed by atoms with E-state index in [4.69, 9.17) is 22.8 Å². The van der Waals surface area contributed by atoms with Crippen LogP contribution >= 0.6 is 0 Å². The van der Waals surface area contributed by atoms with Crippen molar-refractivity contribution in [3.63, 3.8) is 0 Å². The Balaban J connectivity index is -0.000000564. The van der Waals surface area contributed by atoms with Crippen LogP contribution in [0.3, 0.4) is 0 Å². The maximum absolute atomic E-state index is 10.8. The van der Waals surface area contributed by atoms with Gasteiger partial charge >= 0.3 is 11.9 Å². The van der Waals surface area contributed by atoms with E-state index in [9.17, 15) is 9.59 Å². The molecule has 1 atom stereocenters. The van der Waals surface area contributed by atoms with E-state index in [0.717, 1.165) is 12.8 Å². The second-order valence-electron chi connectivity index (χ2n) is 9.73. The van der Waals surface area contributed by atoms with Crippen molar-refractivity contribution in [3.05, 3.63) is 0 Å². The lowest BCUT2D eigenvalue weighted by Gasteiger charge is -2.03. The van der Waals surface area contributed by atoms with Crippen molar-refractivity contribution in [1.29, 1.82) is 0 Å². The summed E-state index contributed by atoms with van der Waals surface area (Å²) in [6.07, 6.45) is 27.3. The van der Waals surface area contributed by atoms with E-state index >= 15 is 0 Å². The van der Waals surface area contributed by atoms with Gasteiger partial charge in [-0.05, 0) is 12.8 Å². The monoisotopic (exact) mass is 565 g/mol. The summed E-state index contributed by atoms with van der Waals surface area (Å²) in [7, 11) is 0. The van der Waals surface area contributed by atoms with Crippen LogP contribution in [0, 0.1) is 0 Å². The molecular weight excluding hydrogens is 504 g/mol. The van der Waals surface area contributed by atoms with Crippen molar-refractivity contribution in [3.8, 4) is 0 Å². The van der Waals surface area contributed by atoms with Crippen LogP contribution in [0.4, 0.5) is 0 Å². The zero-order chi connectivity index (χ0) is 29.1. The Hall–Kier alpha value is -0.990. The van der Waals surface area contributed by atoms with Gasteiger partial charge in [0.2, 0.25) is 0 Å². The van der Waals surface area contributed by atoms with Gasteiger partial charge in [-0.15, -0.1) is 0 Å². The van der Waals surface area contributed by atoms with E-state index in [1.807, 2.05) is 13.8 Å². The van der Waals surface area contributed by atoms with Crippen molar-refractivity contribution in [1.82, 2.24) is 0 Å². The van der Waals surface area contributed by atoms with Crippen molar-refractivity contribution < 1.29 is 32.4 Å². The molecule has 0 aliphatic rings. The van der Waals surface area contributed by atoms with Gasteiger partial charge in [-0.3, -0.25) is 9.59 Å². The molecule has 0 rings (SSSR count). The first-order valence-corrected chi connectivity index (χ1v) is 16.5. The molecule has 0 spiro atoms. The van der Waals surface area contributed by atoms with Gasteiger partial charge in [0.1, 0.15) is 0 Å². The molecule has 1 N–H and O–H groups in total. The predicted molar refractivity (Wildman–Crippen MR) is 158 cm³/mol. The number of unbranched alkanes of at least 4 members (excludes halogenated alkanes) is 18. The van der Waals surface area contributed by atoms with Gasteiger partial charge in [-0.2, -0.15) is 0 Å². The normalized spacial score (nSPS) is 11.0. The molecule has 0 saturated heterocycles. The smallest absolute Gasteiger partial charge is 0.305 e. The molecule has 0 amide bonds. The standard InChI is InChI=1S/2C15H30O2.H2O3S/c2*1-3-5-6-7-8-9-10-11-12-13-14-17-15(16)4-2;1-4(2)3/h2*3-14H2,1-2H3;(H2,1,2,3)/p-1. The topological polar surface area (TPSA) is 113 Å². The molecule has 1 unspecified atom stereocenters. The van der Waals surface area contributed by atoms with E-state index in [-0.39, 0.29) is 11.9 Å². The quantitative estimate of drug-likeness (QED) is 0.0705. The first kappa shape index (κ1) is 41.5. The van der Waals surface area contributed by atoms with E-state index < -0.39 is 11.4 Å². The molecule has 7 nitrogen and oxygen atoms in total. The average Bonchev–Trinajstić information content (AvgIpc) is 2.90. The van der Waals surface area contributed by atoms with Crippen LogP contribution in [0.25, 0.3) is 0 Å². The molecule has 0 aliphatic carbocycles. The number of ether oxygens (including phenoxy) is 2. The Morgan fingerprint density at radius 1 is 0.526 bits per heavy atom. The first-order valence-electron chi connectivity index (χ1n) is 15.4. The number of esters is 2. The molecule has 38 heavy (non-hydrogen) atoms. The van der Waals surface area contributed by atoms with Crippen LogP contribution in [0.5, 0.6) is 0 Å². The summed E-state index contributed by atoms with van der Waals surface area (Å²) in [4.78, 5) is 21.7. The molecule has 0 saturated carbocycles. The summed E-state index contributed by atoms with van der Waals surface area (Å²) >= 11 is -2.86. The molecule has 0 aromatic heterocycles. The minimum absolute atomic E-state index is 0.0686. The molecule has 230 valence electrons. The molecule has 0 aliphatic heterocycles. The van der Waals surface area contributed by atoms with Crippen LogP contribution in [0.15, 0.2) is 0 Å². The van der Waals surface area contributed by atoms with Gasteiger partial charge in [-0.25, -0.2) is 4.21 Å². The van der Waals surface area contributed by atoms with Gasteiger partial charge in [-0.1, -0.05) is 143 Å². The second-order valence-corrected chi connectivity index (χ2v) is 10.2. The van der Waals surface area contributed by atoms with Crippen LogP contribution in [0.1, 0.15) is 169 Å². The van der Waals surface area contributed by atoms with Crippen LogP contribution in [-0.2, 0) is 30.4 Å². The average molecular weight is 566 g/mol. The third-order valence-electron chi connectivity index (χ3n) is 6.10. The van der Waals surface area contributed by atoms with E-state index in [2.05, 4.69) is 13.8 Å². The van der Waals surface area contributed by atoms with Gasteiger partial charge in [0.05, 0.1) is 24.6 Å². The molecular formula is C30H61O7S-. The summed E-state index contributed by atoms with van der Waals surface area (Å²) in [6, 6.07) is 0. The highest BCUT2D eigenvalue weighted by molar-refractivity contribution is 7.73. The van der Waals surface area contributed by atoms with Crippen molar-refractivity contribution in [2.45, 2.75) is 169 Å². The van der Waals surface area contributed by atoms with Gasteiger partial charge in [0.15, 0.2) is 0 Å².